The maximum absolute atomic E-state index is 9.54. The lowest BCUT2D eigenvalue weighted by atomic mass is 9.99. The van der Waals surface area contributed by atoms with Gasteiger partial charge >= 0.3 is 0 Å². The Hall–Kier alpha value is -4.48. The number of nitrogens with zero attached hydrogens (tertiary/aromatic N) is 6. The van der Waals surface area contributed by atoms with Crippen LogP contribution in [0.2, 0.25) is 0 Å². The Balaban J connectivity index is 1.20. The largest absolute Gasteiger partial charge is 0.492 e. The van der Waals surface area contributed by atoms with Crippen molar-refractivity contribution in [3.05, 3.63) is 78.9 Å². The van der Waals surface area contributed by atoms with Crippen LogP contribution in [0.1, 0.15) is 24.8 Å². The van der Waals surface area contributed by atoms with Gasteiger partial charge < -0.3 is 4.74 Å². The number of likely N-dealkylation sites (tertiary alicyclic amines) is 1. The van der Waals surface area contributed by atoms with Crippen molar-refractivity contribution in [2.75, 3.05) is 26.2 Å². The summed E-state index contributed by atoms with van der Waals surface area (Å²) in [7, 11) is 0. The highest BCUT2D eigenvalue weighted by Crippen LogP contribution is 2.31. The van der Waals surface area contributed by atoms with E-state index in [4.69, 9.17) is 9.72 Å². The number of hydrogen-bond donors (Lipinski definition) is 1. The number of piperidine rings is 1. The molecule has 0 aliphatic carbocycles. The number of nitriles is 1. The standard InChI is InChI=1S/C29H27N7O/c30-17-23-5-4-22(16-26(23)28-10-11-32-34-28)27-19-33-36-20-24(18-31-29(27)36)21-6-8-25(9-7-21)37-15-14-35-12-2-1-3-13-35/h4-11,16,18-20H,1-3,12-15H2,(H,32,34). The van der Waals surface area contributed by atoms with E-state index < -0.39 is 0 Å². The molecule has 0 spiro atoms. The average Bonchev–Trinajstić information content (AvgIpc) is 3.64. The topological polar surface area (TPSA) is 95.1 Å². The maximum Gasteiger partial charge on any atom is 0.162 e. The second kappa shape index (κ2) is 10.2. The minimum absolute atomic E-state index is 0.571. The van der Waals surface area contributed by atoms with E-state index in [1.165, 1.54) is 32.4 Å². The number of H-pyrrole nitrogens is 1. The van der Waals surface area contributed by atoms with Crippen LogP contribution < -0.4 is 4.74 Å². The number of aromatic nitrogens is 5. The second-order valence-corrected chi connectivity index (χ2v) is 9.28. The van der Waals surface area contributed by atoms with Crippen LogP contribution in [-0.2, 0) is 0 Å². The van der Waals surface area contributed by atoms with Crippen LogP contribution >= 0.6 is 0 Å². The molecule has 0 amide bonds. The maximum atomic E-state index is 9.54. The Bertz CT molecular complexity index is 1540. The van der Waals surface area contributed by atoms with Crippen LogP contribution in [0, 0.1) is 11.3 Å². The third-order valence-corrected chi connectivity index (χ3v) is 6.90. The van der Waals surface area contributed by atoms with Crippen LogP contribution in [0.25, 0.3) is 39.2 Å². The van der Waals surface area contributed by atoms with Crippen molar-refractivity contribution in [1.29, 1.82) is 5.26 Å². The highest BCUT2D eigenvalue weighted by molar-refractivity contribution is 5.82. The van der Waals surface area contributed by atoms with Crippen molar-refractivity contribution < 1.29 is 4.74 Å². The molecule has 3 aromatic heterocycles. The molecule has 2 aromatic carbocycles. The molecule has 0 atom stereocenters. The number of rotatable bonds is 7. The van der Waals surface area contributed by atoms with Crippen molar-refractivity contribution in [3.63, 3.8) is 0 Å². The fraction of sp³-hybridized carbons (Fsp3) is 0.241. The molecule has 1 N–H and O–H groups in total. The number of hydrogen-bond acceptors (Lipinski definition) is 6. The molecule has 0 radical (unpaired) electrons. The number of aromatic amines is 1. The lowest BCUT2D eigenvalue weighted by Crippen LogP contribution is -2.33. The molecule has 1 aliphatic rings. The molecule has 0 saturated carbocycles. The summed E-state index contributed by atoms with van der Waals surface area (Å²) in [6, 6.07) is 17.9. The van der Waals surface area contributed by atoms with E-state index in [0.29, 0.717) is 12.2 Å². The van der Waals surface area contributed by atoms with E-state index >= 15 is 0 Å². The van der Waals surface area contributed by atoms with Crippen LogP contribution in [0.15, 0.2) is 73.3 Å². The Morgan fingerprint density at radius 2 is 1.76 bits per heavy atom. The lowest BCUT2D eigenvalue weighted by Gasteiger charge is -2.26. The van der Waals surface area contributed by atoms with Crippen LogP contribution in [0.3, 0.4) is 0 Å². The normalized spacial score (nSPS) is 14.0. The molecule has 8 nitrogen and oxygen atoms in total. The Kier molecular flexibility index (Phi) is 6.36. The highest BCUT2D eigenvalue weighted by atomic mass is 16.5. The SMILES string of the molecule is N#Cc1ccc(-c2cnn3cc(-c4ccc(OCCN5CCCCC5)cc4)cnc23)cc1-c1cc[nH]n1. The zero-order valence-corrected chi connectivity index (χ0v) is 20.5. The van der Waals surface area contributed by atoms with Gasteiger partial charge in [-0.3, -0.25) is 10.00 Å². The molecular formula is C29H27N7O. The van der Waals surface area contributed by atoms with Gasteiger partial charge in [-0.15, -0.1) is 0 Å². The molecule has 0 unspecified atom stereocenters. The summed E-state index contributed by atoms with van der Waals surface area (Å²) in [6.45, 7) is 4.05. The van der Waals surface area contributed by atoms with Crippen LogP contribution in [-0.4, -0.2) is 55.9 Å². The molecular weight excluding hydrogens is 462 g/mol. The molecule has 8 heteroatoms. The molecule has 1 aliphatic heterocycles. The highest BCUT2D eigenvalue weighted by Gasteiger charge is 2.14. The quantitative estimate of drug-likeness (QED) is 0.338. The van der Waals surface area contributed by atoms with Gasteiger partial charge in [-0.1, -0.05) is 24.6 Å². The summed E-state index contributed by atoms with van der Waals surface area (Å²) in [5, 5.41) is 21.2. The molecule has 4 heterocycles. The van der Waals surface area contributed by atoms with E-state index in [1.54, 1.807) is 16.9 Å². The Morgan fingerprint density at radius 3 is 2.54 bits per heavy atom. The minimum atomic E-state index is 0.571. The van der Waals surface area contributed by atoms with Crippen molar-refractivity contribution in [1.82, 2.24) is 29.7 Å². The van der Waals surface area contributed by atoms with Gasteiger partial charge in [0.25, 0.3) is 0 Å². The Morgan fingerprint density at radius 1 is 0.919 bits per heavy atom. The molecule has 184 valence electrons. The molecule has 37 heavy (non-hydrogen) atoms. The van der Waals surface area contributed by atoms with Crippen molar-refractivity contribution >= 4 is 5.65 Å². The minimum Gasteiger partial charge on any atom is -0.492 e. The third-order valence-electron chi connectivity index (χ3n) is 6.90. The number of nitrogens with one attached hydrogen (secondary N) is 1. The summed E-state index contributed by atoms with van der Waals surface area (Å²) < 4.78 is 7.77. The predicted molar refractivity (Wildman–Crippen MR) is 142 cm³/mol. The van der Waals surface area contributed by atoms with Gasteiger partial charge in [0.05, 0.1) is 23.5 Å². The van der Waals surface area contributed by atoms with Gasteiger partial charge in [0, 0.05) is 41.8 Å². The van der Waals surface area contributed by atoms with Crippen molar-refractivity contribution in [3.8, 4) is 45.3 Å². The van der Waals surface area contributed by atoms with E-state index in [-0.39, 0.29) is 0 Å². The van der Waals surface area contributed by atoms with Gasteiger partial charge in [0.1, 0.15) is 12.4 Å². The fourth-order valence-corrected chi connectivity index (χ4v) is 4.88. The van der Waals surface area contributed by atoms with Gasteiger partial charge in [0.15, 0.2) is 5.65 Å². The van der Waals surface area contributed by atoms with E-state index in [0.717, 1.165) is 51.5 Å². The first-order valence-electron chi connectivity index (χ1n) is 12.6. The predicted octanol–water partition coefficient (Wildman–Crippen LogP) is 5.19. The second-order valence-electron chi connectivity index (χ2n) is 9.28. The number of ether oxygens (including phenoxy) is 1. The molecule has 6 rings (SSSR count). The summed E-state index contributed by atoms with van der Waals surface area (Å²) in [5.74, 6) is 0.879. The van der Waals surface area contributed by atoms with Gasteiger partial charge in [-0.2, -0.15) is 15.5 Å². The molecule has 0 bridgehead atoms. The first kappa shape index (κ1) is 23.0. The fourth-order valence-electron chi connectivity index (χ4n) is 4.88. The Labute approximate surface area is 215 Å². The van der Waals surface area contributed by atoms with Gasteiger partial charge in [-0.05, 0) is 67.4 Å². The summed E-state index contributed by atoms with van der Waals surface area (Å²) in [6.07, 6.45) is 11.3. The van der Waals surface area contributed by atoms with E-state index in [2.05, 4.69) is 38.4 Å². The van der Waals surface area contributed by atoms with Crippen LogP contribution in [0.5, 0.6) is 5.75 Å². The lowest BCUT2D eigenvalue weighted by molar-refractivity contribution is 0.183. The molecule has 1 saturated heterocycles. The summed E-state index contributed by atoms with van der Waals surface area (Å²) >= 11 is 0. The number of fused-ring (bicyclic) bond motifs is 1. The number of benzene rings is 2. The zero-order valence-electron chi connectivity index (χ0n) is 20.5. The van der Waals surface area contributed by atoms with E-state index in [1.807, 2.05) is 48.8 Å². The molecule has 1 fully saturated rings. The molecule has 5 aromatic rings. The monoisotopic (exact) mass is 489 g/mol. The third kappa shape index (κ3) is 4.82. The summed E-state index contributed by atoms with van der Waals surface area (Å²) in [4.78, 5) is 7.21. The average molecular weight is 490 g/mol. The first-order chi connectivity index (χ1) is 18.3. The van der Waals surface area contributed by atoms with Gasteiger partial charge in [0.2, 0.25) is 0 Å². The zero-order chi connectivity index (χ0) is 25.0. The van der Waals surface area contributed by atoms with Crippen LogP contribution in [0.4, 0.5) is 0 Å². The van der Waals surface area contributed by atoms with Crippen molar-refractivity contribution in [2.24, 2.45) is 0 Å². The van der Waals surface area contributed by atoms with Gasteiger partial charge in [-0.25, -0.2) is 9.50 Å². The smallest absolute Gasteiger partial charge is 0.162 e. The first-order valence-corrected chi connectivity index (χ1v) is 12.6. The summed E-state index contributed by atoms with van der Waals surface area (Å²) in [5.41, 5.74) is 6.66. The van der Waals surface area contributed by atoms with Crippen molar-refractivity contribution in [2.45, 2.75) is 19.3 Å². The van der Waals surface area contributed by atoms with E-state index in [9.17, 15) is 5.26 Å².